The van der Waals surface area contributed by atoms with Gasteiger partial charge in [-0.05, 0) is 50.8 Å². The molecule has 4 aromatic rings. The van der Waals surface area contributed by atoms with Gasteiger partial charge in [0.15, 0.2) is 5.75 Å². The van der Waals surface area contributed by atoms with Gasteiger partial charge in [-0.25, -0.2) is 14.5 Å². The summed E-state index contributed by atoms with van der Waals surface area (Å²) in [4.78, 5) is 23.8. The molecule has 1 atom stereocenters. The number of ether oxygens (including phenoxy) is 1. The third-order valence-electron chi connectivity index (χ3n) is 5.62. The van der Waals surface area contributed by atoms with E-state index in [0.29, 0.717) is 5.75 Å². The van der Waals surface area contributed by atoms with E-state index in [1.807, 2.05) is 32.2 Å². The van der Waals surface area contributed by atoms with Crippen molar-refractivity contribution in [2.45, 2.75) is 39.2 Å². The first-order chi connectivity index (χ1) is 15.0. The first kappa shape index (κ1) is 19.7. The average molecular weight is 437 g/mol. The summed E-state index contributed by atoms with van der Waals surface area (Å²) in [6.07, 6.45) is 7.60. The quantitative estimate of drug-likeness (QED) is 0.495. The molecule has 0 saturated carbocycles. The maximum atomic E-state index is 12.5. The summed E-state index contributed by atoms with van der Waals surface area (Å²) in [5.74, 6) is 1.59. The fourth-order valence-electron chi connectivity index (χ4n) is 4.17. The molecule has 0 spiro atoms. The minimum Gasteiger partial charge on any atom is -0.493 e. The van der Waals surface area contributed by atoms with Crippen LogP contribution in [0.5, 0.6) is 5.75 Å². The Kier molecular flexibility index (Phi) is 4.97. The van der Waals surface area contributed by atoms with Crippen molar-refractivity contribution in [2.24, 2.45) is 5.92 Å². The number of rotatable bonds is 5. The number of thiophene rings is 1. The molecule has 0 saturated heterocycles. The van der Waals surface area contributed by atoms with E-state index in [4.69, 9.17) is 4.74 Å². The van der Waals surface area contributed by atoms with Crippen LogP contribution in [0.2, 0.25) is 0 Å². The van der Waals surface area contributed by atoms with Gasteiger partial charge < -0.3 is 15.4 Å². The smallest absolute Gasteiger partial charge is 0.223 e. The van der Waals surface area contributed by atoms with Crippen molar-refractivity contribution in [1.82, 2.24) is 24.9 Å². The maximum absolute atomic E-state index is 12.5. The average Bonchev–Trinajstić information content (AvgIpc) is 3.36. The highest BCUT2D eigenvalue weighted by molar-refractivity contribution is 7.19. The monoisotopic (exact) mass is 436 g/mol. The van der Waals surface area contributed by atoms with Crippen LogP contribution in [0.3, 0.4) is 0 Å². The minimum atomic E-state index is 0.0108. The Bertz CT molecular complexity index is 1280. The third kappa shape index (κ3) is 3.59. The zero-order chi connectivity index (χ0) is 21.5. The fraction of sp³-hybridized carbons (Fsp3) is 0.364. The van der Waals surface area contributed by atoms with E-state index in [2.05, 4.69) is 25.7 Å². The lowest BCUT2D eigenvalue weighted by atomic mass is 9.87. The van der Waals surface area contributed by atoms with Gasteiger partial charge in [-0.2, -0.15) is 5.10 Å². The van der Waals surface area contributed by atoms with E-state index in [-0.39, 0.29) is 17.9 Å². The van der Waals surface area contributed by atoms with Gasteiger partial charge in [0, 0.05) is 23.0 Å². The van der Waals surface area contributed by atoms with Gasteiger partial charge in [0.1, 0.15) is 17.0 Å². The van der Waals surface area contributed by atoms with Crippen LogP contribution in [0.4, 0.5) is 11.5 Å². The zero-order valence-electron chi connectivity index (χ0n) is 17.7. The number of carbonyl (C=O) groups excluding carboxylic acids is 1. The Balaban J connectivity index is 1.51. The molecular weight excluding hydrogens is 412 g/mol. The molecule has 31 heavy (non-hydrogen) atoms. The summed E-state index contributed by atoms with van der Waals surface area (Å²) in [6.45, 7) is 3.99. The number of anilines is 2. The van der Waals surface area contributed by atoms with Crippen molar-refractivity contribution in [3.05, 3.63) is 41.3 Å². The molecule has 160 valence electrons. The molecule has 1 amide bonds. The second kappa shape index (κ2) is 7.81. The van der Waals surface area contributed by atoms with E-state index in [1.165, 1.54) is 10.4 Å². The SMILES string of the molecule is COc1cn2nccc2cc1Nc1ncnc2sc3c(c12)CC[C@H](C(=O)NC(C)C)C3. The van der Waals surface area contributed by atoms with Crippen molar-refractivity contribution < 1.29 is 9.53 Å². The van der Waals surface area contributed by atoms with Crippen LogP contribution in [0.1, 0.15) is 30.7 Å². The fourth-order valence-corrected chi connectivity index (χ4v) is 5.43. The molecule has 0 aromatic carbocycles. The van der Waals surface area contributed by atoms with Crippen LogP contribution < -0.4 is 15.4 Å². The Morgan fingerprint density at radius 3 is 3.03 bits per heavy atom. The Hall–Kier alpha value is -3.20. The first-order valence-electron chi connectivity index (χ1n) is 10.4. The molecule has 0 unspecified atom stereocenters. The molecule has 4 heterocycles. The zero-order valence-corrected chi connectivity index (χ0v) is 18.5. The van der Waals surface area contributed by atoms with Gasteiger partial charge in [0.2, 0.25) is 5.91 Å². The number of nitrogens with one attached hydrogen (secondary N) is 2. The highest BCUT2D eigenvalue weighted by Crippen LogP contribution is 2.41. The summed E-state index contributed by atoms with van der Waals surface area (Å²) in [7, 11) is 1.64. The van der Waals surface area contributed by atoms with Crippen LogP contribution in [0.25, 0.3) is 15.7 Å². The standard InChI is InChI=1S/C22H24N6O2S/c1-12(2)26-21(29)13-4-5-15-18(8-13)31-22-19(15)20(23-11-24-22)27-16-9-14-6-7-25-28(14)10-17(16)30-3/h6-7,9-13H,4-5,8H2,1-3H3,(H,26,29)(H,23,24,27)/t13-/m0/s1. The molecule has 0 radical (unpaired) electrons. The maximum Gasteiger partial charge on any atom is 0.223 e. The van der Waals surface area contributed by atoms with Gasteiger partial charge in [0.05, 0.1) is 29.9 Å². The summed E-state index contributed by atoms with van der Waals surface area (Å²) < 4.78 is 7.34. The van der Waals surface area contributed by atoms with Gasteiger partial charge in [0.25, 0.3) is 0 Å². The molecule has 2 N–H and O–H groups in total. The molecule has 0 bridgehead atoms. The van der Waals surface area contributed by atoms with E-state index < -0.39 is 0 Å². The molecule has 8 nitrogen and oxygen atoms in total. The summed E-state index contributed by atoms with van der Waals surface area (Å²) >= 11 is 1.66. The lowest BCUT2D eigenvalue weighted by Crippen LogP contribution is -2.37. The number of aryl methyl sites for hydroxylation is 1. The highest BCUT2D eigenvalue weighted by Gasteiger charge is 2.29. The lowest BCUT2D eigenvalue weighted by molar-refractivity contribution is -0.125. The van der Waals surface area contributed by atoms with E-state index in [9.17, 15) is 4.79 Å². The molecule has 0 aliphatic heterocycles. The number of hydrogen-bond acceptors (Lipinski definition) is 7. The van der Waals surface area contributed by atoms with E-state index in [0.717, 1.165) is 46.5 Å². The van der Waals surface area contributed by atoms with Gasteiger partial charge in [-0.3, -0.25) is 4.79 Å². The lowest BCUT2D eigenvalue weighted by Gasteiger charge is -2.23. The van der Waals surface area contributed by atoms with Crippen molar-refractivity contribution in [3.63, 3.8) is 0 Å². The van der Waals surface area contributed by atoms with Crippen molar-refractivity contribution in [2.75, 3.05) is 12.4 Å². The molecule has 9 heteroatoms. The van der Waals surface area contributed by atoms with Gasteiger partial charge in [-0.1, -0.05) is 0 Å². The van der Waals surface area contributed by atoms with Gasteiger partial charge >= 0.3 is 0 Å². The predicted octanol–water partition coefficient (Wildman–Crippen LogP) is 3.72. The van der Waals surface area contributed by atoms with Crippen LogP contribution in [-0.2, 0) is 17.6 Å². The number of amides is 1. The summed E-state index contributed by atoms with van der Waals surface area (Å²) in [6, 6.07) is 4.08. The second-order valence-electron chi connectivity index (χ2n) is 8.09. The first-order valence-corrected chi connectivity index (χ1v) is 11.2. The number of nitrogens with zero attached hydrogens (tertiary/aromatic N) is 4. The predicted molar refractivity (Wildman–Crippen MR) is 121 cm³/mol. The number of hydrogen-bond donors (Lipinski definition) is 2. The Labute approximate surface area is 183 Å². The van der Waals surface area contributed by atoms with Crippen LogP contribution in [-0.4, -0.2) is 38.6 Å². The second-order valence-corrected chi connectivity index (χ2v) is 9.17. The van der Waals surface area contributed by atoms with Crippen molar-refractivity contribution >= 4 is 44.5 Å². The van der Waals surface area contributed by atoms with Crippen LogP contribution in [0.15, 0.2) is 30.9 Å². The third-order valence-corrected chi connectivity index (χ3v) is 6.78. The van der Waals surface area contributed by atoms with Crippen LogP contribution >= 0.6 is 11.3 Å². The molecule has 4 aromatic heterocycles. The molecule has 1 aliphatic carbocycles. The minimum absolute atomic E-state index is 0.0108. The van der Waals surface area contributed by atoms with E-state index >= 15 is 0 Å². The number of pyridine rings is 1. The highest BCUT2D eigenvalue weighted by atomic mass is 32.1. The Morgan fingerprint density at radius 1 is 1.35 bits per heavy atom. The number of methoxy groups -OCH3 is 1. The Morgan fingerprint density at radius 2 is 2.23 bits per heavy atom. The normalized spacial score (nSPS) is 15.9. The largest absolute Gasteiger partial charge is 0.493 e. The van der Waals surface area contributed by atoms with Crippen LogP contribution in [0, 0.1) is 5.92 Å². The summed E-state index contributed by atoms with van der Waals surface area (Å²) in [5, 5.41) is 11.8. The number of aromatic nitrogens is 4. The summed E-state index contributed by atoms with van der Waals surface area (Å²) in [5.41, 5.74) is 3.03. The molecule has 0 fully saturated rings. The molecular formula is C22H24N6O2S. The number of carbonyl (C=O) groups is 1. The van der Waals surface area contributed by atoms with Crippen molar-refractivity contribution in [1.29, 1.82) is 0 Å². The van der Waals surface area contributed by atoms with Crippen molar-refractivity contribution in [3.8, 4) is 5.75 Å². The van der Waals surface area contributed by atoms with E-state index in [1.54, 1.807) is 35.5 Å². The molecule has 1 aliphatic rings. The topological polar surface area (TPSA) is 93.4 Å². The number of fused-ring (bicyclic) bond motifs is 4. The van der Waals surface area contributed by atoms with Gasteiger partial charge in [-0.15, -0.1) is 11.3 Å². The molecule has 5 rings (SSSR count).